The first kappa shape index (κ1) is 26.1. The van der Waals surface area contributed by atoms with Crippen LogP contribution in [0.2, 0.25) is 0 Å². The molecule has 0 bridgehead atoms. The van der Waals surface area contributed by atoms with Gasteiger partial charge in [0.15, 0.2) is 6.79 Å². The third-order valence-electron chi connectivity index (χ3n) is 6.67. The van der Waals surface area contributed by atoms with Crippen LogP contribution in [0.1, 0.15) is 33.5 Å². The molecule has 0 saturated carbocycles. The third kappa shape index (κ3) is 6.31. The maximum atomic E-state index is 5.82. The van der Waals surface area contributed by atoms with E-state index < -0.39 is 0 Å². The van der Waals surface area contributed by atoms with Crippen molar-refractivity contribution in [2.24, 2.45) is 4.99 Å². The second-order valence-electron chi connectivity index (χ2n) is 9.49. The van der Waals surface area contributed by atoms with E-state index in [1.54, 1.807) is 7.11 Å². The molecule has 0 aliphatic carbocycles. The topological polar surface area (TPSA) is 43.7 Å². The predicted molar refractivity (Wildman–Crippen MR) is 159 cm³/mol. The molecule has 0 aliphatic heterocycles. The van der Waals surface area contributed by atoms with Gasteiger partial charge >= 0.3 is 0 Å². The quantitative estimate of drug-likeness (QED) is 0.148. The van der Waals surface area contributed by atoms with Gasteiger partial charge in [0, 0.05) is 35.9 Å². The number of hydrogen-bond acceptors (Lipinski definition) is 4. The molecule has 0 unspecified atom stereocenters. The zero-order chi connectivity index (χ0) is 27.0. The molecule has 0 atom stereocenters. The van der Waals surface area contributed by atoms with Gasteiger partial charge in [0.25, 0.3) is 0 Å². The molecule has 0 radical (unpaired) electrons. The number of aryl methyl sites for hydroxylation is 2. The summed E-state index contributed by atoms with van der Waals surface area (Å²) in [5.74, 6) is 0.708. The smallest absolute Gasteiger partial charge is 0.188 e. The van der Waals surface area contributed by atoms with Crippen LogP contribution in [0, 0.1) is 13.8 Å². The van der Waals surface area contributed by atoms with Crippen molar-refractivity contribution in [1.82, 2.24) is 4.98 Å². The van der Waals surface area contributed by atoms with Crippen LogP contribution in [0.15, 0.2) is 120 Å². The van der Waals surface area contributed by atoms with Crippen molar-refractivity contribution < 1.29 is 9.47 Å². The van der Waals surface area contributed by atoms with E-state index in [9.17, 15) is 0 Å². The van der Waals surface area contributed by atoms with Gasteiger partial charge < -0.3 is 9.47 Å². The summed E-state index contributed by atoms with van der Waals surface area (Å²) >= 11 is 0. The molecule has 0 saturated heterocycles. The van der Waals surface area contributed by atoms with Crippen LogP contribution in [0.25, 0.3) is 11.3 Å². The minimum Gasteiger partial charge on any atom is -0.465 e. The zero-order valence-corrected chi connectivity index (χ0v) is 22.6. The molecule has 4 heteroatoms. The second-order valence-corrected chi connectivity index (χ2v) is 9.49. The Bertz CT molecular complexity index is 1500. The summed E-state index contributed by atoms with van der Waals surface area (Å²) in [5, 5.41) is 0. The molecule has 5 aromatic rings. The van der Waals surface area contributed by atoms with Gasteiger partial charge in [0.1, 0.15) is 11.4 Å². The van der Waals surface area contributed by atoms with Gasteiger partial charge in [0.2, 0.25) is 0 Å². The van der Waals surface area contributed by atoms with Gasteiger partial charge in [-0.25, -0.2) is 9.98 Å². The lowest BCUT2D eigenvalue weighted by Gasteiger charge is -2.15. The fraction of sp³-hybridized carbons (Fsp3) is 0.143. The number of aliphatic imine (C=N–C) groups is 1. The van der Waals surface area contributed by atoms with Crippen LogP contribution in [0.3, 0.4) is 0 Å². The van der Waals surface area contributed by atoms with Gasteiger partial charge in [0.05, 0.1) is 11.4 Å². The molecule has 39 heavy (non-hydrogen) atoms. The van der Waals surface area contributed by atoms with Crippen molar-refractivity contribution in [2.75, 3.05) is 13.9 Å². The normalized spacial score (nSPS) is 10.7. The standard InChI is InChI=1S/C35H32N2O2/c1-25-21-31(37-34(27-13-7-4-8-14-27)28-15-9-5-10-16-28)22-26(2)32(25)23-30-19-20-33(39-24-38-3)35(36-30)29-17-11-6-12-18-29/h4-22H,23-24H2,1-3H3. The van der Waals surface area contributed by atoms with Gasteiger partial charge in [-0.15, -0.1) is 0 Å². The Kier molecular flexibility index (Phi) is 8.25. The highest BCUT2D eigenvalue weighted by Crippen LogP contribution is 2.31. The van der Waals surface area contributed by atoms with Crippen molar-refractivity contribution in [2.45, 2.75) is 20.3 Å². The van der Waals surface area contributed by atoms with E-state index in [1.165, 1.54) is 16.7 Å². The lowest BCUT2D eigenvalue weighted by molar-refractivity contribution is 0.0513. The Hall–Kier alpha value is -4.54. The molecule has 1 heterocycles. The third-order valence-corrected chi connectivity index (χ3v) is 6.67. The highest BCUT2D eigenvalue weighted by atomic mass is 16.7. The van der Waals surface area contributed by atoms with E-state index in [0.717, 1.165) is 45.9 Å². The summed E-state index contributed by atoms with van der Waals surface area (Å²) in [6, 6.07) is 39.2. The number of ether oxygens (including phenoxy) is 2. The summed E-state index contributed by atoms with van der Waals surface area (Å²) in [6.45, 7) is 4.48. The highest BCUT2D eigenvalue weighted by molar-refractivity contribution is 6.13. The molecule has 4 aromatic carbocycles. The average molecular weight is 513 g/mol. The number of benzene rings is 4. The molecule has 0 spiro atoms. The molecular weight excluding hydrogens is 480 g/mol. The van der Waals surface area contributed by atoms with Crippen LogP contribution in [-0.4, -0.2) is 24.6 Å². The Morgan fingerprint density at radius 1 is 0.718 bits per heavy atom. The molecule has 0 fully saturated rings. The molecule has 0 N–H and O–H groups in total. The molecule has 1 aromatic heterocycles. The zero-order valence-electron chi connectivity index (χ0n) is 22.6. The van der Waals surface area contributed by atoms with E-state index in [4.69, 9.17) is 19.5 Å². The first-order valence-corrected chi connectivity index (χ1v) is 13.1. The summed E-state index contributed by atoms with van der Waals surface area (Å²) in [6.07, 6.45) is 0.719. The lowest BCUT2D eigenvalue weighted by atomic mass is 9.96. The van der Waals surface area contributed by atoms with E-state index in [-0.39, 0.29) is 6.79 Å². The number of methoxy groups -OCH3 is 1. The number of rotatable bonds is 9. The van der Waals surface area contributed by atoms with Gasteiger partial charge in [-0.3, -0.25) is 0 Å². The van der Waals surface area contributed by atoms with Crippen molar-refractivity contribution >= 4 is 11.4 Å². The van der Waals surface area contributed by atoms with Crippen LogP contribution in [0.5, 0.6) is 5.75 Å². The summed E-state index contributed by atoms with van der Waals surface area (Å²) in [5.41, 5.74) is 10.5. The summed E-state index contributed by atoms with van der Waals surface area (Å²) < 4.78 is 10.9. The van der Waals surface area contributed by atoms with E-state index in [2.05, 4.69) is 74.5 Å². The molecular formula is C35H32N2O2. The maximum absolute atomic E-state index is 5.82. The monoisotopic (exact) mass is 512 g/mol. The van der Waals surface area contributed by atoms with Crippen LogP contribution >= 0.6 is 0 Å². The van der Waals surface area contributed by atoms with Gasteiger partial charge in [-0.2, -0.15) is 0 Å². The minimum atomic E-state index is 0.176. The first-order valence-electron chi connectivity index (χ1n) is 13.1. The fourth-order valence-corrected chi connectivity index (χ4v) is 4.74. The second kappa shape index (κ2) is 12.3. The van der Waals surface area contributed by atoms with Crippen LogP contribution in [-0.2, 0) is 11.2 Å². The Balaban J connectivity index is 1.49. The predicted octanol–water partition coefficient (Wildman–Crippen LogP) is 8.11. The number of pyridine rings is 1. The van der Waals surface area contributed by atoms with Crippen molar-refractivity contribution in [3.63, 3.8) is 0 Å². The highest BCUT2D eigenvalue weighted by Gasteiger charge is 2.14. The lowest BCUT2D eigenvalue weighted by Crippen LogP contribution is -2.04. The molecule has 4 nitrogen and oxygen atoms in total. The fourth-order valence-electron chi connectivity index (χ4n) is 4.74. The number of aromatic nitrogens is 1. The average Bonchev–Trinajstić information content (AvgIpc) is 2.98. The van der Waals surface area contributed by atoms with E-state index in [0.29, 0.717) is 5.75 Å². The number of hydrogen-bond donors (Lipinski definition) is 0. The Labute approximate surface area is 230 Å². The molecule has 5 rings (SSSR count). The van der Waals surface area contributed by atoms with Crippen LogP contribution in [0.4, 0.5) is 5.69 Å². The van der Waals surface area contributed by atoms with Crippen LogP contribution < -0.4 is 4.74 Å². The van der Waals surface area contributed by atoms with E-state index >= 15 is 0 Å². The SMILES string of the molecule is COCOc1ccc(Cc2c(C)cc(N=C(c3ccccc3)c3ccccc3)cc2C)nc1-c1ccccc1. The van der Waals surface area contributed by atoms with Crippen molar-refractivity contribution in [1.29, 1.82) is 0 Å². The Morgan fingerprint density at radius 2 is 1.28 bits per heavy atom. The van der Waals surface area contributed by atoms with Crippen molar-refractivity contribution in [3.8, 4) is 17.0 Å². The van der Waals surface area contributed by atoms with E-state index in [1.807, 2.05) is 54.6 Å². The molecule has 194 valence electrons. The van der Waals surface area contributed by atoms with Gasteiger partial charge in [-0.1, -0.05) is 91.0 Å². The maximum Gasteiger partial charge on any atom is 0.188 e. The minimum absolute atomic E-state index is 0.176. The summed E-state index contributed by atoms with van der Waals surface area (Å²) in [4.78, 5) is 10.2. The number of nitrogens with zero attached hydrogens (tertiary/aromatic N) is 2. The Morgan fingerprint density at radius 3 is 1.85 bits per heavy atom. The summed E-state index contributed by atoms with van der Waals surface area (Å²) in [7, 11) is 1.62. The largest absolute Gasteiger partial charge is 0.465 e. The van der Waals surface area contributed by atoms with Crippen molar-refractivity contribution in [3.05, 3.63) is 149 Å². The van der Waals surface area contributed by atoms with Gasteiger partial charge in [-0.05, 0) is 54.8 Å². The molecule has 0 amide bonds. The first-order chi connectivity index (χ1) is 19.1. The molecule has 0 aliphatic rings.